The van der Waals surface area contributed by atoms with Crippen LogP contribution in [0.15, 0.2) is 70.6 Å². The minimum Gasteiger partial charge on any atom is -0.493 e. The number of carbonyl (C=O) groups is 2. The average molecular weight is 557 g/mol. The lowest BCUT2D eigenvalue weighted by atomic mass is 10.1. The summed E-state index contributed by atoms with van der Waals surface area (Å²) in [6, 6.07) is 17.0. The summed E-state index contributed by atoms with van der Waals surface area (Å²) in [5.74, 6) is -0.170. The summed E-state index contributed by atoms with van der Waals surface area (Å²) < 4.78 is 11.4. The number of aliphatic imine (C=N–C) groups is 1. The van der Waals surface area contributed by atoms with E-state index < -0.39 is 5.97 Å². The Morgan fingerprint density at radius 3 is 2.59 bits per heavy atom. The van der Waals surface area contributed by atoms with E-state index in [1.165, 1.54) is 23.9 Å². The third-order valence-electron chi connectivity index (χ3n) is 5.39. The number of thioether (sulfide) groups is 1. The van der Waals surface area contributed by atoms with E-state index in [1.807, 2.05) is 19.1 Å². The minimum atomic E-state index is -1.04. The molecule has 0 spiro atoms. The molecule has 1 N–H and O–H groups in total. The third-order valence-corrected chi connectivity index (χ3v) is 7.13. The summed E-state index contributed by atoms with van der Waals surface area (Å²) in [7, 11) is 1.54. The molecule has 1 amide bonds. The van der Waals surface area contributed by atoms with Gasteiger partial charge in [-0.25, -0.2) is 9.79 Å². The fourth-order valence-electron chi connectivity index (χ4n) is 3.52. The Hall–Kier alpha value is -3.46. The number of benzene rings is 3. The highest BCUT2D eigenvalue weighted by Gasteiger charge is 2.32. The maximum absolute atomic E-state index is 13.0. The van der Waals surface area contributed by atoms with Gasteiger partial charge in [-0.1, -0.05) is 41.4 Å². The van der Waals surface area contributed by atoms with Crippen molar-refractivity contribution in [3.8, 4) is 11.5 Å². The summed E-state index contributed by atoms with van der Waals surface area (Å²) in [5, 5.41) is 10.6. The number of ether oxygens (including phenoxy) is 2. The van der Waals surface area contributed by atoms with Gasteiger partial charge >= 0.3 is 5.97 Å². The zero-order chi connectivity index (χ0) is 26.5. The minimum absolute atomic E-state index is 0.128. The van der Waals surface area contributed by atoms with E-state index in [9.17, 15) is 14.7 Å². The molecule has 3 aromatic carbocycles. The summed E-state index contributed by atoms with van der Waals surface area (Å²) in [6.07, 6.45) is 1.76. The molecule has 190 valence electrons. The third kappa shape index (κ3) is 6.28. The number of halogens is 2. The van der Waals surface area contributed by atoms with Gasteiger partial charge in [0.2, 0.25) is 0 Å². The molecule has 0 atom stereocenters. The van der Waals surface area contributed by atoms with Crippen molar-refractivity contribution < 1.29 is 24.2 Å². The Balaban J connectivity index is 1.55. The van der Waals surface area contributed by atoms with Gasteiger partial charge in [-0.2, -0.15) is 0 Å². The number of nitrogens with zero attached hydrogens (tertiary/aromatic N) is 2. The quantitative estimate of drug-likeness (QED) is 0.303. The molecule has 0 radical (unpaired) electrons. The van der Waals surface area contributed by atoms with Crippen molar-refractivity contribution in [3.63, 3.8) is 0 Å². The van der Waals surface area contributed by atoms with Gasteiger partial charge in [-0.3, -0.25) is 9.69 Å². The second-order valence-corrected chi connectivity index (χ2v) is 9.68. The molecule has 1 aliphatic heterocycles. The molecule has 37 heavy (non-hydrogen) atoms. The molecule has 0 bridgehead atoms. The van der Waals surface area contributed by atoms with Gasteiger partial charge in [0.1, 0.15) is 6.61 Å². The molecule has 3 aromatic rings. The molecule has 1 heterocycles. The lowest BCUT2D eigenvalue weighted by Gasteiger charge is -2.12. The fraction of sp³-hybridized carbons (Fsp3) is 0.148. The van der Waals surface area contributed by atoms with E-state index in [0.717, 1.165) is 11.1 Å². The van der Waals surface area contributed by atoms with Crippen molar-refractivity contribution in [3.05, 3.63) is 92.3 Å². The molecule has 0 aliphatic carbocycles. The molecule has 0 aromatic heterocycles. The molecule has 10 heteroatoms. The first-order valence-electron chi connectivity index (χ1n) is 11.2. The number of likely N-dealkylation sites (N-methyl/N-ethyl adjacent to an activating group) is 1. The molecular weight excluding hydrogens is 535 g/mol. The number of aromatic carboxylic acids is 1. The molecule has 4 rings (SSSR count). The highest BCUT2D eigenvalue weighted by atomic mass is 35.5. The summed E-state index contributed by atoms with van der Waals surface area (Å²) in [6.45, 7) is 2.55. The smallest absolute Gasteiger partial charge is 0.335 e. The molecule has 1 aliphatic rings. The van der Waals surface area contributed by atoms with Crippen molar-refractivity contribution in [2.24, 2.45) is 4.99 Å². The van der Waals surface area contributed by atoms with Crippen LogP contribution >= 0.6 is 35.0 Å². The van der Waals surface area contributed by atoms with Crippen molar-refractivity contribution in [1.82, 2.24) is 4.90 Å². The first-order chi connectivity index (χ1) is 17.8. The maximum Gasteiger partial charge on any atom is 0.335 e. The maximum atomic E-state index is 13.0. The van der Waals surface area contributed by atoms with E-state index in [4.69, 9.17) is 32.7 Å². The van der Waals surface area contributed by atoms with Crippen LogP contribution in [0.1, 0.15) is 28.4 Å². The Morgan fingerprint density at radius 1 is 1.08 bits per heavy atom. The van der Waals surface area contributed by atoms with E-state index in [0.29, 0.717) is 43.8 Å². The lowest BCUT2D eigenvalue weighted by Crippen LogP contribution is -2.28. The topological polar surface area (TPSA) is 88.4 Å². The number of carboxylic acid groups (broad SMARTS) is 1. The number of methoxy groups -OCH3 is 1. The van der Waals surface area contributed by atoms with Crippen LogP contribution in [0.2, 0.25) is 10.0 Å². The predicted molar refractivity (Wildman–Crippen MR) is 147 cm³/mol. The molecule has 1 saturated heterocycles. The Morgan fingerprint density at radius 2 is 1.89 bits per heavy atom. The highest BCUT2D eigenvalue weighted by Crippen LogP contribution is 2.36. The van der Waals surface area contributed by atoms with Gasteiger partial charge in [0.15, 0.2) is 16.7 Å². The second-order valence-electron chi connectivity index (χ2n) is 7.86. The first kappa shape index (κ1) is 26.6. The monoisotopic (exact) mass is 556 g/mol. The SMILES string of the molecule is CCN1C(=O)C(=Cc2ccc(OCc3ccc(Cl)c(Cl)c3)c(OC)c2)SC1=Nc1cccc(C(=O)O)c1. The second kappa shape index (κ2) is 11.7. The van der Waals surface area contributed by atoms with Crippen molar-refractivity contribution in [2.45, 2.75) is 13.5 Å². The summed E-state index contributed by atoms with van der Waals surface area (Å²) in [4.78, 5) is 30.9. The van der Waals surface area contributed by atoms with Crippen LogP contribution in [0.25, 0.3) is 6.08 Å². The molecule has 0 unspecified atom stereocenters. The van der Waals surface area contributed by atoms with E-state index in [2.05, 4.69) is 4.99 Å². The summed E-state index contributed by atoms with van der Waals surface area (Å²) in [5.41, 5.74) is 2.19. The zero-order valence-corrected chi connectivity index (χ0v) is 22.2. The standard InChI is InChI=1S/C27H22Cl2N2O5S/c1-3-31-25(32)24(37-27(31)30-19-6-4-5-18(14-19)26(33)34)13-16-8-10-22(23(12-16)35-2)36-15-17-7-9-20(28)21(29)11-17/h4-14H,3,15H2,1-2H3,(H,33,34). The molecular formula is C27H22Cl2N2O5S. The number of hydrogen-bond acceptors (Lipinski definition) is 6. The average Bonchev–Trinajstić information content (AvgIpc) is 3.18. The lowest BCUT2D eigenvalue weighted by molar-refractivity contribution is -0.122. The van der Waals surface area contributed by atoms with Crippen molar-refractivity contribution in [2.75, 3.05) is 13.7 Å². The predicted octanol–water partition coefficient (Wildman–Crippen LogP) is 6.90. The van der Waals surface area contributed by atoms with Gasteiger partial charge in [0, 0.05) is 6.54 Å². The number of hydrogen-bond donors (Lipinski definition) is 1. The van der Waals surface area contributed by atoms with Crippen LogP contribution < -0.4 is 9.47 Å². The van der Waals surface area contributed by atoms with Crippen LogP contribution in [-0.2, 0) is 11.4 Å². The normalized spacial score (nSPS) is 15.5. The van der Waals surface area contributed by atoms with E-state index in [-0.39, 0.29) is 18.1 Å². The van der Waals surface area contributed by atoms with Crippen LogP contribution in [0.5, 0.6) is 11.5 Å². The molecule has 0 saturated carbocycles. The zero-order valence-electron chi connectivity index (χ0n) is 19.9. The number of carbonyl (C=O) groups excluding carboxylic acids is 1. The van der Waals surface area contributed by atoms with Crippen LogP contribution in [0.4, 0.5) is 5.69 Å². The van der Waals surface area contributed by atoms with E-state index in [1.54, 1.807) is 54.5 Å². The molecule has 1 fully saturated rings. The van der Waals surface area contributed by atoms with Gasteiger partial charge in [-0.15, -0.1) is 0 Å². The number of rotatable bonds is 8. The number of carboxylic acids is 1. The van der Waals surface area contributed by atoms with Crippen LogP contribution in [0, 0.1) is 0 Å². The first-order valence-corrected chi connectivity index (χ1v) is 12.7. The van der Waals surface area contributed by atoms with Gasteiger partial charge in [-0.05, 0) is 78.4 Å². The van der Waals surface area contributed by atoms with Gasteiger partial charge in [0.25, 0.3) is 5.91 Å². The Bertz CT molecular complexity index is 1420. The largest absolute Gasteiger partial charge is 0.493 e. The Labute approximate surface area is 228 Å². The fourth-order valence-corrected chi connectivity index (χ4v) is 4.91. The van der Waals surface area contributed by atoms with Crippen molar-refractivity contribution >= 4 is 63.8 Å². The summed E-state index contributed by atoms with van der Waals surface area (Å²) >= 11 is 13.3. The van der Waals surface area contributed by atoms with Gasteiger partial charge < -0.3 is 14.6 Å². The van der Waals surface area contributed by atoms with E-state index >= 15 is 0 Å². The van der Waals surface area contributed by atoms with Crippen molar-refractivity contribution in [1.29, 1.82) is 0 Å². The highest BCUT2D eigenvalue weighted by molar-refractivity contribution is 8.18. The van der Waals surface area contributed by atoms with Gasteiger partial charge in [0.05, 0.1) is 33.3 Å². The Kier molecular flexibility index (Phi) is 8.43. The number of amidine groups is 1. The molecule has 7 nitrogen and oxygen atoms in total. The van der Waals surface area contributed by atoms with Crippen LogP contribution in [0.3, 0.4) is 0 Å². The van der Waals surface area contributed by atoms with Crippen LogP contribution in [-0.4, -0.2) is 40.7 Å². The number of amides is 1.